The molecule has 0 N–H and O–H groups in total. The fourth-order valence-electron chi connectivity index (χ4n) is 0.714. The maximum atomic E-state index is 5.31. The number of thiol groups is 1. The molecular formula is C8H18O3S3. The maximum Gasteiger partial charge on any atom is 0.0701 e. The number of ether oxygens (including phenoxy) is 3. The molecule has 0 aromatic carbocycles. The van der Waals surface area contributed by atoms with Gasteiger partial charge in [-0.15, -0.1) is 0 Å². The van der Waals surface area contributed by atoms with E-state index in [4.69, 9.17) is 14.2 Å². The van der Waals surface area contributed by atoms with E-state index in [1.165, 1.54) is 9.83 Å². The van der Waals surface area contributed by atoms with E-state index in [0.717, 1.165) is 19.0 Å². The van der Waals surface area contributed by atoms with Crippen LogP contribution in [0.15, 0.2) is 0 Å². The van der Waals surface area contributed by atoms with Crippen LogP contribution in [-0.4, -0.2) is 45.4 Å². The first-order valence-corrected chi connectivity index (χ1v) is 7.95. The second-order valence-corrected chi connectivity index (χ2v) is 5.61. The SMILES string of the molecule is CCOCCOCCOCCSSS. The van der Waals surface area contributed by atoms with Gasteiger partial charge in [0.1, 0.15) is 0 Å². The molecule has 6 heteroatoms. The lowest BCUT2D eigenvalue weighted by molar-refractivity contribution is 0.0200. The van der Waals surface area contributed by atoms with Gasteiger partial charge in [0.25, 0.3) is 0 Å². The quantitative estimate of drug-likeness (QED) is 0.349. The topological polar surface area (TPSA) is 27.7 Å². The number of hydrogen-bond acceptors (Lipinski definition) is 6. The molecule has 0 aliphatic carbocycles. The highest BCUT2D eigenvalue weighted by atomic mass is 33.5. The van der Waals surface area contributed by atoms with Crippen molar-refractivity contribution in [3.8, 4) is 0 Å². The zero-order chi connectivity index (χ0) is 10.5. The Morgan fingerprint density at radius 3 is 2.07 bits per heavy atom. The first-order valence-electron chi connectivity index (χ1n) is 4.58. The van der Waals surface area contributed by atoms with Gasteiger partial charge < -0.3 is 14.2 Å². The van der Waals surface area contributed by atoms with E-state index in [-0.39, 0.29) is 0 Å². The molecule has 0 heterocycles. The molecule has 86 valence electrons. The summed E-state index contributed by atoms with van der Waals surface area (Å²) < 4.78 is 15.7. The van der Waals surface area contributed by atoms with E-state index in [2.05, 4.69) is 11.7 Å². The van der Waals surface area contributed by atoms with Crippen LogP contribution in [-0.2, 0) is 14.2 Å². The molecule has 3 nitrogen and oxygen atoms in total. The maximum absolute atomic E-state index is 5.31. The molecule has 0 spiro atoms. The van der Waals surface area contributed by atoms with Crippen LogP contribution in [0.2, 0.25) is 0 Å². The average molecular weight is 258 g/mol. The zero-order valence-corrected chi connectivity index (χ0v) is 11.0. The Morgan fingerprint density at radius 2 is 1.50 bits per heavy atom. The highest BCUT2D eigenvalue weighted by molar-refractivity contribution is 9.05. The molecule has 0 fully saturated rings. The van der Waals surface area contributed by atoms with Crippen LogP contribution in [0.4, 0.5) is 0 Å². The molecule has 0 bridgehead atoms. The second-order valence-electron chi connectivity index (χ2n) is 2.32. The molecule has 0 aliphatic rings. The van der Waals surface area contributed by atoms with Crippen LogP contribution in [0.1, 0.15) is 6.92 Å². The molecule has 0 amide bonds. The summed E-state index contributed by atoms with van der Waals surface area (Å²) in [5.41, 5.74) is 0. The van der Waals surface area contributed by atoms with Crippen molar-refractivity contribution in [1.82, 2.24) is 0 Å². The predicted octanol–water partition coefficient (Wildman–Crippen LogP) is 2.28. The van der Waals surface area contributed by atoms with E-state index in [1.54, 1.807) is 10.8 Å². The second kappa shape index (κ2) is 13.9. The van der Waals surface area contributed by atoms with E-state index < -0.39 is 0 Å². The van der Waals surface area contributed by atoms with Crippen LogP contribution < -0.4 is 0 Å². The molecule has 0 aromatic heterocycles. The molecule has 0 aliphatic heterocycles. The monoisotopic (exact) mass is 258 g/mol. The van der Waals surface area contributed by atoms with Gasteiger partial charge in [0, 0.05) is 12.4 Å². The third-order valence-electron chi connectivity index (χ3n) is 1.31. The molecular weight excluding hydrogens is 240 g/mol. The molecule has 0 unspecified atom stereocenters. The van der Waals surface area contributed by atoms with Crippen molar-refractivity contribution in [1.29, 1.82) is 0 Å². The Labute approximate surface area is 98.8 Å². The van der Waals surface area contributed by atoms with Gasteiger partial charge in [-0.25, -0.2) is 0 Å². The van der Waals surface area contributed by atoms with Crippen molar-refractivity contribution in [3.63, 3.8) is 0 Å². The minimum atomic E-state index is 0.645. The van der Waals surface area contributed by atoms with Gasteiger partial charge in [-0.1, -0.05) is 22.5 Å². The summed E-state index contributed by atoms with van der Waals surface area (Å²) in [5, 5.41) is 0. The smallest absolute Gasteiger partial charge is 0.0701 e. The van der Waals surface area contributed by atoms with Gasteiger partial charge in [0.15, 0.2) is 0 Å². The molecule has 0 saturated carbocycles. The lowest BCUT2D eigenvalue weighted by atomic mass is 10.7. The van der Waals surface area contributed by atoms with Crippen LogP contribution in [0.3, 0.4) is 0 Å². The van der Waals surface area contributed by atoms with E-state index in [9.17, 15) is 0 Å². The fraction of sp³-hybridized carbons (Fsp3) is 1.00. The highest BCUT2D eigenvalue weighted by Crippen LogP contribution is 2.23. The highest BCUT2D eigenvalue weighted by Gasteiger charge is 1.90. The molecule has 0 atom stereocenters. The molecule has 0 saturated heterocycles. The van der Waals surface area contributed by atoms with Crippen molar-refractivity contribution in [2.75, 3.05) is 45.4 Å². The molecule has 0 aromatic rings. The van der Waals surface area contributed by atoms with Gasteiger partial charge in [-0.3, -0.25) is 0 Å². The predicted molar refractivity (Wildman–Crippen MR) is 67.2 cm³/mol. The van der Waals surface area contributed by atoms with Crippen molar-refractivity contribution >= 4 is 32.3 Å². The fourth-order valence-corrected chi connectivity index (χ4v) is 2.07. The van der Waals surface area contributed by atoms with Gasteiger partial charge >= 0.3 is 0 Å². The summed E-state index contributed by atoms with van der Waals surface area (Å²) in [6.45, 7) is 6.10. The lowest BCUT2D eigenvalue weighted by Gasteiger charge is -2.05. The average Bonchev–Trinajstić information content (AvgIpc) is 2.21. The summed E-state index contributed by atoms with van der Waals surface area (Å²) in [5.74, 6) is 0.965. The Morgan fingerprint density at radius 1 is 0.929 bits per heavy atom. The zero-order valence-electron chi connectivity index (χ0n) is 8.44. The molecule has 0 radical (unpaired) electrons. The Hall–Kier alpha value is 0.930. The Bertz CT molecular complexity index is 93.8. The summed E-state index contributed by atoms with van der Waals surface area (Å²) in [4.78, 5) is 0. The minimum absolute atomic E-state index is 0.645. The normalized spacial score (nSPS) is 10.7. The standard InChI is InChI=1S/C8H18O3S3/c1-2-9-3-4-10-5-6-11-7-8-13-14-12/h12H,2-8H2,1H3. The van der Waals surface area contributed by atoms with Crippen molar-refractivity contribution in [3.05, 3.63) is 0 Å². The first-order chi connectivity index (χ1) is 6.91. The van der Waals surface area contributed by atoms with E-state index in [1.807, 2.05) is 6.92 Å². The van der Waals surface area contributed by atoms with Crippen LogP contribution >= 0.6 is 32.3 Å². The summed E-state index contributed by atoms with van der Waals surface area (Å²) in [6.07, 6.45) is 0. The van der Waals surface area contributed by atoms with Crippen LogP contribution in [0, 0.1) is 0 Å². The minimum Gasteiger partial charge on any atom is -0.379 e. The van der Waals surface area contributed by atoms with Gasteiger partial charge in [0.2, 0.25) is 0 Å². The van der Waals surface area contributed by atoms with Gasteiger partial charge in [0.05, 0.1) is 33.0 Å². The van der Waals surface area contributed by atoms with Crippen molar-refractivity contribution in [2.24, 2.45) is 0 Å². The van der Waals surface area contributed by atoms with Crippen LogP contribution in [0.5, 0.6) is 0 Å². The van der Waals surface area contributed by atoms with E-state index in [0.29, 0.717) is 26.4 Å². The molecule has 0 rings (SSSR count). The number of rotatable bonds is 11. The van der Waals surface area contributed by atoms with Gasteiger partial charge in [-0.05, 0) is 16.7 Å². The van der Waals surface area contributed by atoms with Crippen molar-refractivity contribution in [2.45, 2.75) is 6.92 Å². The Kier molecular flexibility index (Phi) is 14.9. The summed E-state index contributed by atoms with van der Waals surface area (Å²) in [7, 11) is 3.14. The number of hydrogen-bond donors (Lipinski definition) is 1. The van der Waals surface area contributed by atoms with Crippen molar-refractivity contribution < 1.29 is 14.2 Å². The third kappa shape index (κ3) is 12.9. The summed E-state index contributed by atoms with van der Waals surface area (Å²) in [6, 6.07) is 0. The lowest BCUT2D eigenvalue weighted by Crippen LogP contribution is -2.10. The summed E-state index contributed by atoms with van der Waals surface area (Å²) >= 11 is 4.00. The third-order valence-corrected chi connectivity index (χ3v) is 3.52. The largest absolute Gasteiger partial charge is 0.379 e. The Balaban J connectivity index is 2.78. The van der Waals surface area contributed by atoms with E-state index >= 15 is 0 Å². The first kappa shape index (κ1) is 14.9. The van der Waals surface area contributed by atoms with Crippen LogP contribution in [0.25, 0.3) is 0 Å². The van der Waals surface area contributed by atoms with Gasteiger partial charge in [-0.2, -0.15) is 0 Å². The molecule has 14 heavy (non-hydrogen) atoms.